The van der Waals surface area contributed by atoms with Crippen LogP contribution in [0.5, 0.6) is 11.5 Å². The van der Waals surface area contributed by atoms with Crippen LogP contribution in [0.4, 0.5) is 4.79 Å². The number of hydrogen-bond donors (Lipinski definition) is 0. The Morgan fingerprint density at radius 2 is 2.05 bits per heavy atom. The standard InChI is InChI=1S/C15H16BrNO4S/c1-4-17-14(18)12(22-15(17)19)8-9-6-10(16)13(20-3)11(7-9)21-5-2/h6-8H,4-5H2,1-3H3/b12-8+. The number of benzene rings is 1. The van der Waals surface area contributed by atoms with E-state index in [9.17, 15) is 9.59 Å². The minimum absolute atomic E-state index is 0.239. The number of amides is 2. The molecule has 0 atom stereocenters. The third kappa shape index (κ3) is 3.30. The van der Waals surface area contributed by atoms with E-state index in [4.69, 9.17) is 9.47 Å². The molecule has 0 aliphatic carbocycles. The molecule has 1 fully saturated rings. The van der Waals surface area contributed by atoms with Crippen LogP contribution in [-0.4, -0.2) is 36.3 Å². The summed E-state index contributed by atoms with van der Waals surface area (Å²) in [6.07, 6.45) is 1.69. The zero-order valence-electron chi connectivity index (χ0n) is 12.5. The lowest BCUT2D eigenvalue weighted by Crippen LogP contribution is -2.27. The van der Waals surface area contributed by atoms with Crippen molar-refractivity contribution < 1.29 is 19.1 Å². The van der Waals surface area contributed by atoms with Crippen LogP contribution in [0.1, 0.15) is 19.4 Å². The lowest BCUT2D eigenvalue weighted by atomic mass is 10.2. The number of halogens is 1. The predicted molar refractivity (Wildman–Crippen MR) is 90.2 cm³/mol. The Hall–Kier alpha value is -1.47. The number of rotatable bonds is 5. The van der Waals surface area contributed by atoms with Gasteiger partial charge in [-0.25, -0.2) is 0 Å². The molecular formula is C15H16BrNO4S. The van der Waals surface area contributed by atoms with Gasteiger partial charge in [-0.05, 0) is 65.3 Å². The van der Waals surface area contributed by atoms with Gasteiger partial charge in [-0.3, -0.25) is 14.5 Å². The highest BCUT2D eigenvalue weighted by Crippen LogP contribution is 2.38. The normalized spacial score (nSPS) is 16.5. The van der Waals surface area contributed by atoms with E-state index >= 15 is 0 Å². The summed E-state index contributed by atoms with van der Waals surface area (Å²) in [5, 5.41) is -0.239. The summed E-state index contributed by atoms with van der Waals surface area (Å²) >= 11 is 4.37. The minimum atomic E-state index is -0.262. The summed E-state index contributed by atoms with van der Waals surface area (Å²) in [5.41, 5.74) is 0.762. The number of likely N-dealkylation sites (N-methyl/N-ethyl adjacent to an activating group) is 1. The number of methoxy groups -OCH3 is 1. The molecule has 1 aliphatic rings. The number of imide groups is 1. The topological polar surface area (TPSA) is 55.8 Å². The van der Waals surface area contributed by atoms with Gasteiger partial charge in [0.25, 0.3) is 11.1 Å². The molecule has 1 aromatic rings. The molecule has 0 unspecified atom stereocenters. The van der Waals surface area contributed by atoms with Crippen LogP contribution in [0.2, 0.25) is 0 Å². The molecule has 1 aromatic carbocycles. The number of nitrogens with zero attached hydrogens (tertiary/aromatic N) is 1. The number of thioether (sulfide) groups is 1. The SMILES string of the molecule is CCOc1cc(/C=C2/SC(=O)N(CC)C2=O)cc(Br)c1OC. The highest BCUT2D eigenvalue weighted by Gasteiger charge is 2.33. The van der Waals surface area contributed by atoms with Crippen molar-refractivity contribution in [3.63, 3.8) is 0 Å². The molecule has 1 saturated heterocycles. The fraction of sp³-hybridized carbons (Fsp3) is 0.333. The molecule has 2 amide bonds. The fourth-order valence-electron chi connectivity index (χ4n) is 2.06. The lowest BCUT2D eigenvalue weighted by molar-refractivity contribution is -0.122. The zero-order valence-corrected chi connectivity index (χ0v) is 14.9. The Balaban J connectivity index is 2.40. The van der Waals surface area contributed by atoms with Crippen LogP contribution >= 0.6 is 27.7 Å². The van der Waals surface area contributed by atoms with E-state index in [-0.39, 0.29) is 11.1 Å². The van der Waals surface area contributed by atoms with Gasteiger partial charge in [-0.15, -0.1) is 0 Å². The van der Waals surface area contributed by atoms with Crippen LogP contribution in [-0.2, 0) is 4.79 Å². The van der Waals surface area contributed by atoms with Gasteiger partial charge in [0.15, 0.2) is 11.5 Å². The smallest absolute Gasteiger partial charge is 0.293 e. The van der Waals surface area contributed by atoms with Crippen molar-refractivity contribution >= 4 is 44.9 Å². The third-order valence-corrected chi connectivity index (χ3v) is 4.52. The minimum Gasteiger partial charge on any atom is -0.492 e. The molecule has 0 radical (unpaired) electrons. The Bertz CT molecular complexity index is 645. The maximum Gasteiger partial charge on any atom is 0.293 e. The molecule has 7 heteroatoms. The molecule has 22 heavy (non-hydrogen) atoms. The first-order valence-electron chi connectivity index (χ1n) is 6.77. The van der Waals surface area contributed by atoms with Crippen molar-refractivity contribution in [2.75, 3.05) is 20.3 Å². The number of hydrogen-bond acceptors (Lipinski definition) is 5. The van der Waals surface area contributed by atoms with Crippen molar-refractivity contribution in [2.45, 2.75) is 13.8 Å². The average molecular weight is 386 g/mol. The summed E-state index contributed by atoms with van der Waals surface area (Å²) in [5.74, 6) is 0.920. The van der Waals surface area contributed by atoms with Crippen LogP contribution in [0.25, 0.3) is 6.08 Å². The van der Waals surface area contributed by atoms with Crippen molar-refractivity contribution in [1.29, 1.82) is 0 Å². The largest absolute Gasteiger partial charge is 0.492 e. The van der Waals surface area contributed by atoms with Gasteiger partial charge in [0.05, 0.1) is 23.1 Å². The van der Waals surface area contributed by atoms with Crippen LogP contribution in [0, 0.1) is 0 Å². The first-order chi connectivity index (χ1) is 10.5. The highest BCUT2D eigenvalue weighted by molar-refractivity contribution is 9.10. The molecule has 5 nitrogen and oxygen atoms in total. The molecule has 0 spiro atoms. The molecule has 0 saturated carbocycles. The second-order valence-corrected chi connectivity index (χ2v) is 6.24. The number of ether oxygens (including phenoxy) is 2. The Morgan fingerprint density at radius 3 is 2.59 bits per heavy atom. The summed E-state index contributed by atoms with van der Waals surface area (Å²) in [6.45, 7) is 4.53. The molecule has 0 aromatic heterocycles. The van der Waals surface area contributed by atoms with Gasteiger partial charge >= 0.3 is 0 Å². The van der Waals surface area contributed by atoms with E-state index in [0.29, 0.717) is 29.6 Å². The Morgan fingerprint density at radius 1 is 1.32 bits per heavy atom. The molecule has 0 bridgehead atoms. The van der Waals surface area contributed by atoms with Gasteiger partial charge < -0.3 is 9.47 Å². The van der Waals surface area contributed by atoms with Gasteiger partial charge in [0.2, 0.25) is 0 Å². The van der Waals surface area contributed by atoms with Crippen LogP contribution in [0.15, 0.2) is 21.5 Å². The van der Waals surface area contributed by atoms with Crippen molar-refractivity contribution in [1.82, 2.24) is 4.90 Å². The molecule has 0 N–H and O–H groups in total. The fourth-order valence-corrected chi connectivity index (χ4v) is 3.58. The van der Waals surface area contributed by atoms with E-state index in [2.05, 4.69) is 15.9 Å². The Labute approximate surface area is 141 Å². The second-order valence-electron chi connectivity index (χ2n) is 4.39. The number of carbonyl (C=O) groups is 2. The van der Waals surface area contributed by atoms with Crippen LogP contribution in [0.3, 0.4) is 0 Å². The maximum absolute atomic E-state index is 12.1. The monoisotopic (exact) mass is 385 g/mol. The van der Waals surface area contributed by atoms with Gasteiger partial charge in [0.1, 0.15) is 0 Å². The first kappa shape index (κ1) is 16.9. The molecular weight excluding hydrogens is 370 g/mol. The summed E-state index contributed by atoms with van der Waals surface area (Å²) < 4.78 is 11.6. The van der Waals surface area contributed by atoms with Crippen molar-refractivity contribution in [3.05, 3.63) is 27.1 Å². The lowest BCUT2D eigenvalue weighted by Gasteiger charge is -2.12. The summed E-state index contributed by atoms with van der Waals surface area (Å²) in [7, 11) is 1.56. The average Bonchev–Trinajstić information content (AvgIpc) is 2.73. The highest BCUT2D eigenvalue weighted by atomic mass is 79.9. The van der Waals surface area contributed by atoms with Gasteiger partial charge in [-0.1, -0.05) is 0 Å². The molecule has 1 heterocycles. The predicted octanol–water partition coefficient (Wildman–Crippen LogP) is 3.91. The first-order valence-corrected chi connectivity index (χ1v) is 8.38. The quantitative estimate of drug-likeness (QED) is 0.719. The molecule has 2 rings (SSSR count). The van der Waals surface area contributed by atoms with E-state index in [1.807, 2.05) is 13.0 Å². The van der Waals surface area contributed by atoms with Gasteiger partial charge in [-0.2, -0.15) is 0 Å². The number of carbonyl (C=O) groups excluding carboxylic acids is 2. The van der Waals surface area contributed by atoms with Gasteiger partial charge in [0, 0.05) is 6.54 Å². The third-order valence-electron chi connectivity index (χ3n) is 3.02. The van der Waals surface area contributed by atoms with Crippen molar-refractivity contribution in [3.8, 4) is 11.5 Å². The maximum atomic E-state index is 12.1. The van der Waals surface area contributed by atoms with E-state index in [1.54, 1.807) is 26.2 Å². The summed E-state index contributed by atoms with van der Waals surface area (Å²) in [4.78, 5) is 25.5. The molecule has 118 valence electrons. The Kier molecular flexibility index (Phi) is 5.52. The zero-order chi connectivity index (χ0) is 16.3. The molecule has 1 aliphatic heterocycles. The van der Waals surface area contributed by atoms with Crippen LogP contribution < -0.4 is 9.47 Å². The van der Waals surface area contributed by atoms with E-state index in [1.165, 1.54) is 4.90 Å². The van der Waals surface area contributed by atoms with E-state index < -0.39 is 0 Å². The second kappa shape index (κ2) is 7.19. The summed E-state index contributed by atoms with van der Waals surface area (Å²) in [6, 6.07) is 3.61. The van der Waals surface area contributed by atoms with Crippen molar-refractivity contribution in [2.24, 2.45) is 0 Å². The van der Waals surface area contributed by atoms with E-state index in [0.717, 1.165) is 21.8 Å².